The van der Waals surface area contributed by atoms with Crippen molar-refractivity contribution in [2.45, 2.75) is 46.0 Å². The van der Waals surface area contributed by atoms with Gasteiger partial charge in [-0.3, -0.25) is 9.59 Å². The van der Waals surface area contributed by atoms with Gasteiger partial charge in [0, 0.05) is 19.3 Å². The Balaban J connectivity index is 2.39. The van der Waals surface area contributed by atoms with Crippen molar-refractivity contribution in [1.82, 2.24) is 0 Å². The van der Waals surface area contributed by atoms with Crippen LogP contribution in [-0.2, 0) is 9.59 Å². The number of benzene rings is 1. The van der Waals surface area contributed by atoms with Crippen LogP contribution in [0.15, 0.2) is 29.5 Å². The van der Waals surface area contributed by atoms with Gasteiger partial charge in [0.15, 0.2) is 11.6 Å². The fourth-order valence-corrected chi connectivity index (χ4v) is 3.06. The van der Waals surface area contributed by atoms with Crippen LogP contribution in [-0.4, -0.2) is 16.7 Å². The lowest BCUT2D eigenvalue weighted by Gasteiger charge is -2.25. The van der Waals surface area contributed by atoms with Crippen LogP contribution in [0.1, 0.15) is 48.8 Å². The van der Waals surface area contributed by atoms with Crippen molar-refractivity contribution < 1.29 is 14.7 Å². The van der Waals surface area contributed by atoms with Crippen LogP contribution < -0.4 is 0 Å². The van der Waals surface area contributed by atoms with Gasteiger partial charge in [-0.15, -0.1) is 0 Å². The number of rotatable bonds is 3. The van der Waals surface area contributed by atoms with Crippen molar-refractivity contribution in [3.05, 3.63) is 46.2 Å². The molecule has 1 aromatic rings. The number of hydrogen-bond donors (Lipinski definition) is 1. The largest absolute Gasteiger partial charge is 0.511 e. The van der Waals surface area contributed by atoms with E-state index in [4.69, 9.17) is 0 Å². The summed E-state index contributed by atoms with van der Waals surface area (Å²) in [5.41, 5.74) is 3.40. The molecule has 106 valence electrons. The molecule has 0 radical (unpaired) electrons. The highest BCUT2D eigenvalue weighted by Crippen LogP contribution is 2.37. The van der Waals surface area contributed by atoms with Gasteiger partial charge in [-0.05, 0) is 36.5 Å². The Hall–Kier alpha value is -1.90. The number of carbonyl (C=O) groups is 2. The number of hydrogen-bond acceptors (Lipinski definition) is 3. The molecule has 0 saturated heterocycles. The molecule has 1 N–H and O–H groups in total. The number of aryl methyl sites for hydroxylation is 2. The highest BCUT2D eigenvalue weighted by molar-refractivity contribution is 6.21. The van der Waals surface area contributed by atoms with Crippen LogP contribution in [0.2, 0.25) is 0 Å². The van der Waals surface area contributed by atoms with E-state index >= 15 is 0 Å². The zero-order valence-corrected chi connectivity index (χ0v) is 12.2. The SMILES string of the molecule is CCC(=O)C1=C(O)CC(c2c(C)cccc2C)CC1=O. The summed E-state index contributed by atoms with van der Waals surface area (Å²) in [5, 5.41) is 10.1. The van der Waals surface area contributed by atoms with Gasteiger partial charge < -0.3 is 5.11 Å². The van der Waals surface area contributed by atoms with Crippen LogP contribution in [0.4, 0.5) is 0 Å². The summed E-state index contributed by atoms with van der Waals surface area (Å²) in [7, 11) is 0. The second kappa shape index (κ2) is 5.61. The Bertz CT molecular complexity index is 576. The van der Waals surface area contributed by atoms with E-state index < -0.39 is 0 Å². The Morgan fingerprint density at radius 1 is 1.25 bits per heavy atom. The van der Waals surface area contributed by atoms with Crippen molar-refractivity contribution in [2.24, 2.45) is 0 Å². The average molecular weight is 272 g/mol. The predicted octanol–water partition coefficient (Wildman–Crippen LogP) is 3.54. The van der Waals surface area contributed by atoms with Crippen molar-refractivity contribution in [1.29, 1.82) is 0 Å². The first-order valence-corrected chi connectivity index (χ1v) is 7.00. The predicted molar refractivity (Wildman–Crippen MR) is 77.9 cm³/mol. The lowest BCUT2D eigenvalue weighted by atomic mass is 9.78. The van der Waals surface area contributed by atoms with Crippen LogP contribution >= 0.6 is 0 Å². The number of carbonyl (C=O) groups excluding carboxylic acids is 2. The summed E-state index contributed by atoms with van der Waals surface area (Å²) in [6, 6.07) is 6.01. The summed E-state index contributed by atoms with van der Waals surface area (Å²) in [5.74, 6) is -0.557. The molecule has 0 spiro atoms. The maximum absolute atomic E-state index is 12.2. The van der Waals surface area contributed by atoms with Crippen LogP contribution in [0.3, 0.4) is 0 Å². The zero-order valence-electron chi connectivity index (χ0n) is 12.2. The zero-order chi connectivity index (χ0) is 14.9. The standard InChI is InChI=1S/C17H20O3/c1-4-13(18)17-14(19)8-12(9-15(17)20)16-10(2)6-5-7-11(16)3/h5-7,12,19H,4,8-9H2,1-3H3. The summed E-state index contributed by atoms with van der Waals surface area (Å²) >= 11 is 0. The highest BCUT2D eigenvalue weighted by Gasteiger charge is 2.32. The number of aliphatic hydroxyl groups is 1. The minimum Gasteiger partial charge on any atom is -0.511 e. The van der Waals surface area contributed by atoms with E-state index in [2.05, 4.69) is 0 Å². The van der Waals surface area contributed by atoms with E-state index in [1.165, 1.54) is 0 Å². The van der Waals surface area contributed by atoms with Gasteiger partial charge in [0.2, 0.25) is 0 Å². The molecule has 1 aliphatic carbocycles. The van der Waals surface area contributed by atoms with E-state index in [0.717, 1.165) is 16.7 Å². The first-order chi connectivity index (χ1) is 9.45. The lowest BCUT2D eigenvalue weighted by Crippen LogP contribution is -2.24. The Morgan fingerprint density at radius 3 is 2.35 bits per heavy atom. The molecule has 0 fully saturated rings. The first kappa shape index (κ1) is 14.5. The molecule has 0 saturated carbocycles. The smallest absolute Gasteiger partial charge is 0.170 e. The molecule has 0 aliphatic heterocycles. The first-order valence-electron chi connectivity index (χ1n) is 7.00. The molecule has 1 unspecified atom stereocenters. The number of Topliss-reactive ketones (excluding diaryl/α,β-unsaturated/α-hetero) is 2. The van der Waals surface area contributed by atoms with Gasteiger partial charge >= 0.3 is 0 Å². The van der Waals surface area contributed by atoms with Crippen LogP contribution in [0.5, 0.6) is 0 Å². The summed E-state index contributed by atoms with van der Waals surface area (Å²) in [4.78, 5) is 23.9. The molecule has 0 heterocycles. The summed E-state index contributed by atoms with van der Waals surface area (Å²) < 4.78 is 0. The van der Waals surface area contributed by atoms with Gasteiger partial charge in [-0.2, -0.15) is 0 Å². The number of allylic oxidation sites excluding steroid dienone is 2. The third kappa shape index (κ3) is 2.53. The van der Waals surface area contributed by atoms with E-state index in [1.807, 2.05) is 32.0 Å². The Kier molecular flexibility index (Phi) is 4.07. The van der Waals surface area contributed by atoms with Gasteiger partial charge in [0.05, 0.1) is 5.57 Å². The third-order valence-electron chi connectivity index (χ3n) is 3.99. The molecule has 0 aromatic heterocycles. The van der Waals surface area contributed by atoms with Crippen molar-refractivity contribution >= 4 is 11.6 Å². The van der Waals surface area contributed by atoms with Crippen molar-refractivity contribution in [2.75, 3.05) is 0 Å². The molecule has 1 atom stereocenters. The number of aliphatic hydroxyl groups excluding tert-OH is 1. The minimum absolute atomic E-state index is 0.0231. The minimum atomic E-state index is -0.257. The maximum Gasteiger partial charge on any atom is 0.170 e. The van der Waals surface area contributed by atoms with Gasteiger partial charge in [0.25, 0.3) is 0 Å². The second-order valence-electron chi connectivity index (χ2n) is 5.43. The maximum atomic E-state index is 12.2. The molecular weight excluding hydrogens is 252 g/mol. The highest BCUT2D eigenvalue weighted by atomic mass is 16.3. The molecule has 3 heteroatoms. The van der Waals surface area contributed by atoms with Gasteiger partial charge in [-0.1, -0.05) is 25.1 Å². The fraction of sp³-hybridized carbons (Fsp3) is 0.412. The van der Waals surface area contributed by atoms with Crippen molar-refractivity contribution in [3.63, 3.8) is 0 Å². The number of ketones is 2. The molecule has 0 amide bonds. The topological polar surface area (TPSA) is 54.4 Å². The summed E-state index contributed by atoms with van der Waals surface area (Å²) in [6.45, 7) is 5.73. The molecule has 1 aliphatic rings. The Morgan fingerprint density at radius 2 is 1.85 bits per heavy atom. The van der Waals surface area contributed by atoms with E-state index in [0.29, 0.717) is 12.8 Å². The normalized spacial score (nSPS) is 19.4. The molecule has 20 heavy (non-hydrogen) atoms. The molecular formula is C17H20O3. The monoisotopic (exact) mass is 272 g/mol. The lowest BCUT2D eigenvalue weighted by molar-refractivity contribution is -0.122. The molecule has 1 aromatic carbocycles. The fourth-order valence-electron chi connectivity index (χ4n) is 3.06. The van der Waals surface area contributed by atoms with Crippen LogP contribution in [0.25, 0.3) is 0 Å². The van der Waals surface area contributed by atoms with Crippen molar-refractivity contribution in [3.8, 4) is 0 Å². The van der Waals surface area contributed by atoms with Gasteiger partial charge in [-0.25, -0.2) is 0 Å². The molecule has 0 bridgehead atoms. The molecule has 3 nitrogen and oxygen atoms in total. The van der Waals surface area contributed by atoms with E-state index in [-0.39, 0.29) is 35.2 Å². The second-order valence-corrected chi connectivity index (χ2v) is 5.43. The Labute approximate surface area is 119 Å². The average Bonchev–Trinajstić information content (AvgIpc) is 2.37. The van der Waals surface area contributed by atoms with E-state index in [9.17, 15) is 14.7 Å². The third-order valence-corrected chi connectivity index (χ3v) is 3.99. The van der Waals surface area contributed by atoms with E-state index in [1.54, 1.807) is 6.92 Å². The summed E-state index contributed by atoms with van der Waals surface area (Å²) in [6.07, 6.45) is 0.925. The van der Waals surface area contributed by atoms with Crippen LogP contribution in [0, 0.1) is 13.8 Å². The quantitative estimate of drug-likeness (QED) is 0.856. The van der Waals surface area contributed by atoms with Gasteiger partial charge in [0.1, 0.15) is 5.76 Å². The molecule has 2 rings (SSSR count).